The van der Waals surface area contributed by atoms with Crippen molar-refractivity contribution in [2.75, 3.05) is 0 Å². The number of carboxylic acids is 2. The zero-order valence-electron chi connectivity index (χ0n) is 27.4. The summed E-state index contributed by atoms with van der Waals surface area (Å²) in [6, 6.07) is 0. The molecule has 0 spiro atoms. The van der Waals surface area contributed by atoms with Gasteiger partial charge < -0.3 is 10.2 Å². The average molecular weight is 589 g/mol. The van der Waals surface area contributed by atoms with Crippen molar-refractivity contribution in [2.24, 2.45) is 0 Å². The van der Waals surface area contributed by atoms with Gasteiger partial charge in [0.25, 0.3) is 0 Å². The fourth-order valence-electron chi connectivity index (χ4n) is 5.54. The van der Waals surface area contributed by atoms with Crippen LogP contribution in [0.5, 0.6) is 0 Å². The third-order valence-corrected chi connectivity index (χ3v) is 8.17. The van der Waals surface area contributed by atoms with E-state index in [2.05, 4.69) is 12.2 Å². The Morgan fingerprint density at radius 3 is 0.643 bits per heavy atom. The van der Waals surface area contributed by atoms with Gasteiger partial charge in [0.2, 0.25) is 0 Å². The Morgan fingerprint density at radius 2 is 0.452 bits per heavy atom. The van der Waals surface area contributed by atoms with Gasteiger partial charge in [0, 0.05) is 12.2 Å². The van der Waals surface area contributed by atoms with Gasteiger partial charge >= 0.3 is 11.9 Å². The third kappa shape index (κ3) is 38.2. The van der Waals surface area contributed by atoms with Crippen LogP contribution < -0.4 is 0 Å². The summed E-state index contributed by atoms with van der Waals surface area (Å²) < 4.78 is 0. The van der Waals surface area contributed by atoms with Crippen LogP contribution in [0.2, 0.25) is 0 Å². The van der Waals surface area contributed by atoms with E-state index in [-0.39, 0.29) is 0 Å². The normalized spacial score (nSPS) is 11.9. The lowest BCUT2D eigenvalue weighted by Crippen LogP contribution is -1.86. The van der Waals surface area contributed by atoms with Gasteiger partial charge in [-0.05, 0) is 51.4 Å². The van der Waals surface area contributed by atoms with Crippen LogP contribution in [0.3, 0.4) is 0 Å². The molecule has 0 aliphatic heterocycles. The van der Waals surface area contributed by atoms with E-state index in [1.165, 1.54) is 179 Å². The summed E-state index contributed by atoms with van der Waals surface area (Å²) in [4.78, 5) is 20.8. The van der Waals surface area contributed by atoms with Gasteiger partial charge in [0.1, 0.15) is 0 Å². The number of carboxylic acid groups (broad SMARTS) is 2. The Hall–Kier alpha value is -1.84. The highest BCUT2D eigenvalue weighted by molar-refractivity contribution is 5.79. The predicted molar refractivity (Wildman–Crippen MR) is 181 cm³/mol. The number of hydrogen-bond acceptors (Lipinski definition) is 2. The molecule has 0 aromatic carbocycles. The molecule has 0 saturated heterocycles. The molecule has 0 fully saturated rings. The molecule has 0 aliphatic carbocycles. The molecule has 4 heteroatoms. The van der Waals surface area contributed by atoms with Gasteiger partial charge in [-0.25, -0.2) is 9.59 Å². The fraction of sp³-hybridized carbons (Fsp3) is 0.789. The number of aliphatic carboxylic acids is 2. The molecule has 0 atom stereocenters. The number of rotatable bonds is 34. The average Bonchev–Trinajstić information content (AvgIpc) is 2.96. The first-order chi connectivity index (χ1) is 20.6. The van der Waals surface area contributed by atoms with E-state index < -0.39 is 11.9 Å². The first-order valence-electron chi connectivity index (χ1n) is 18.1. The van der Waals surface area contributed by atoms with Crippen molar-refractivity contribution in [3.05, 3.63) is 36.5 Å². The number of hydrogen-bond donors (Lipinski definition) is 2. The maximum atomic E-state index is 10.4. The van der Waals surface area contributed by atoms with Crippen LogP contribution in [-0.4, -0.2) is 22.2 Å². The second-order valence-corrected chi connectivity index (χ2v) is 12.3. The highest BCUT2D eigenvalue weighted by Gasteiger charge is 1.96. The lowest BCUT2D eigenvalue weighted by atomic mass is 10.0. The molecule has 0 aromatic rings. The smallest absolute Gasteiger partial charge is 0.327 e. The highest BCUT2D eigenvalue weighted by Crippen LogP contribution is 2.16. The van der Waals surface area contributed by atoms with Crippen LogP contribution in [0, 0.1) is 0 Å². The molecule has 0 rings (SSSR count). The summed E-state index contributed by atoms with van der Waals surface area (Å²) in [7, 11) is 0. The fourth-order valence-corrected chi connectivity index (χ4v) is 5.54. The van der Waals surface area contributed by atoms with Crippen LogP contribution in [0.15, 0.2) is 36.5 Å². The number of unbranched alkanes of at least 4 members (excludes halogenated alkanes) is 28. The van der Waals surface area contributed by atoms with E-state index in [9.17, 15) is 9.59 Å². The summed E-state index contributed by atoms with van der Waals surface area (Å²) in [6.07, 6.45) is 50.2. The van der Waals surface area contributed by atoms with E-state index in [1.807, 2.05) is 0 Å². The van der Waals surface area contributed by atoms with Gasteiger partial charge in [0.15, 0.2) is 0 Å². The Balaban J connectivity index is 3.12. The van der Waals surface area contributed by atoms with Crippen molar-refractivity contribution in [3.8, 4) is 0 Å². The molecule has 0 radical (unpaired) electrons. The largest absolute Gasteiger partial charge is 0.478 e. The molecule has 0 aromatic heterocycles. The molecule has 0 heterocycles. The van der Waals surface area contributed by atoms with E-state index in [0.29, 0.717) is 0 Å². The van der Waals surface area contributed by atoms with E-state index in [1.54, 1.807) is 12.2 Å². The molecule has 42 heavy (non-hydrogen) atoms. The molecule has 4 nitrogen and oxygen atoms in total. The SMILES string of the molecule is O=C(O)C=CCCCCCCC=CCCCCCCCCCCCCCCCCCCCCCCCCC=CC(=O)O. The monoisotopic (exact) mass is 589 g/mol. The standard InChI is InChI=1S/C38H68O4/c39-37(40)35-33-31-29-27-25-23-21-19-17-15-13-11-9-7-5-3-1-2-4-6-8-10-12-14-16-18-20-22-24-26-28-30-32-34-36-38(41)42/h17,19,33-36H,1-16,18,20-32H2,(H,39,40)(H,41,42). The van der Waals surface area contributed by atoms with E-state index in [4.69, 9.17) is 10.2 Å². The van der Waals surface area contributed by atoms with Gasteiger partial charge in [-0.2, -0.15) is 0 Å². The topological polar surface area (TPSA) is 74.6 Å². The van der Waals surface area contributed by atoms with Crippen LogP contribution in [0.25, 0.3) is 0 Å². The molecular formula is C38H68O4. The van der Waals surface area contributed by atoms with Gasteiger partial charge in [-0.1, -0.05) is 166 Å². The highest BCUT2D eigenvalue weighted by atomic mass is 16.4. The predicted octanol–water partition coefficient (Wildman–Crippen LogP) is 12.5. The van der Waals surface area contributed by atoms with E-state index >= 15 is 0 Å². The van der Waals surface area contributed by atoms with E-state index in [0.717, 1.165) is 25.7 Å². The maximum absolute atomic E-state index is 10.4. The first kappa shape index (κ1) is 40.2. The Labute approximate surface area is 260 Å². The molecule has 0 unspecified atom stereocenters. The lowest BCUT2D eigenvalue weighted by Gasteiger charge is -2.04. The molecule has 0 bridgehead atoms. The quantitative estimate of drug-likeness (QED) is 0.0445. The van der Waals surface area contributed by atoms with Crippen LogP contribution in [0.1, 0.15) is 193 Å². The second kappa shape index (κ2) is 35.4. The third-order valence-electron chi connectivity index (χ3n) is 8.17. The summed E-state index contributed by atoms with van der Waals surface area (Å²) in [5.74, 6) is -1.68. The van der Waals surface area contributed by atoms with Crippen molar-refractivity contribution in [3.63, 3.8) is 0 Å². The molecule has 0 amide bonds. The molecule has 2 N–H and O–H groups in total. The maximum Gasteiger partial charge on any atom is 0.327 e. The number of allylic oxidation sites excluding steroid dienone is 4. The van der Waals surface area contributed by atoms with Gasteiger partial charge in [0.05, 0.1) is 0 Å². The zero-order chi connectivity index (χ0) is 30.6. The summed E-state index contributed by atoms with van der Waals surface area (Å²) >= 11 is 0. The molecule has 244 valence electrons. The van der Waals surface area contributed by atoms with Crippen LogP contribution >= 0.6 is 0 Å². The minimum Gasteiger partial charge on any atom is -0.478 e. The minimum absolute atomic E-state index is 0.836. The van der Waals surface area contributed by atoms with Crippen molar-refractivity contribution in [1.29, 1.82) is 0 Å². The molecule has 0 aliphatic rings. The zero-order valence-corrected chi connectivity index (χ0v) is 27.4. The summed E-state index contributed by atoms with van der Waals surface area (Å²) in [5.41, 5.74) is 0. The Kier molecular flexibility index (Phi) is 33.8. The lowest BCUT2D eigenvalue weighted by molar-refractivity contribution is -0.132. The Bertz CT molecular complexity index is 664. The van der Waals surface area contributed by atoms with Crippen LogP contribution in [-0.2, 0) is 9.59 Å². The van der Waals surface area contributed by atoms with Crippen LogP contribution in [0.4, 0.5) is 0 Å². The summed E-state index contributed by atoms with van der Waals surface area (Å²) in [5, 5.41) is 17.1. The Morgan fingerprint density at radius 1 is 0.286 bits per heavy atom. The molecule has 0 saturated carbocycles. The van der Waals surface area contributed by atoms with Crippen molar-refractivity contribution >= 4 is 11.9 Å². The number of carbonyl (C=O) groups is 2. The molecular weight excluding hydrogens is 520 g/mol. The minimum atomic E-state index is -0.844. The van der Waals surface area contributed by atoms with Crippen molar-refractivity contribution in [1.82, 2.24) is 0 Å². The first-order valence-corrected chi connectivity index (χ1v) is 18.1. The van der Waals surface area contributed by atoms with Crippen molar-refractivity contribution < 1.29 is 19.8 Å². The van der Waals surface area contributed by atoms with Gasteiger partial charge in [-0.15, -0.1) is 0 Å². The second-order valence-electron chi connectivity index (χ2n) is 12.3. The van der Waals surface area contributed by atoms with Crippen molar-refractivity contribution in [2.45, 2.75) is 193 Å². The summed E-state index contributed by atoms with van der Waals surface area (Å²) in [6.45, 7) is 0. The van der Waals surface area contributed by atoms with Gasteiger partial charge in [-0.3, -0.25) is 0 Å².